The quantitative estimate of drug-likeness (QED) is 0.578. The smallest absolute Gasteiger partial charge is 0.204 e. The average molecular weight is 289 g/mol. The first-order valence-corrected chi connectivity index (χ1v) is 7.36. The van der Waals surface area contributed by atoms with E-state index in [-0.39, 0.29) is 0 Å². The molecule has 3 heterocycles. The Labute approximate surface area is 118 Å². The van der Waals surface area contributed by atoms with Gasteiger partial charge in [-0.3, -0.25) is 5.43 Å². The van der Waals surface area contributed by atoms with Crippen molar-refractivity contribution in [3.05, 3.63) is 46.5 Å². The van der Waals surface area contributed by atoms with Crippen molar-refractivity contribution < 1.29 is 4.42 Å². The number of nitrogens with one attached hydrogen (secondary N) is 1. The fraction of sp³-hybridized carbons (Fsp3) is 0.0769. The van der Waals surface area contributed by atoms with Crippen molar-refractivity contribution in [2.24, 2.45) is 5.10 Å². The third-order valence-electron chi connectivity index (χ3n) is 2.45. The summed E-state index contributed by atoms with van der Waals surface area (Å²) in [6, 6.07) is 7.77. The Balaban J connectivity index is 1.74. The van der Waals surface area contributed by atoms with Crippen LogP contribution in [0.5, 0.6) is 0 Å². The fourth-order valence-corrected chi connectivity index (χ4v) is 3.22. The van der Waals surface area contributed by atoms with Crippen molar-refractivity contribution in [3.8, 4) is 10.6 Å². The van der Waals surface area contributed by atoms with E-state index in [1.165, 1.54) is 9.75 Å². The summed E-state index contributed by atoms with van der Waals surface area (Å²) in [5, 5.41) is 6.94. The van der Waals surface area contributed by atoms with Gasteiger partial charge in [0.25, 0.3) is 0 Å². The standard InChI is InChI=1S/C13H11N3OS2/c1-9-12(11-5-3-7-18-11)15-13(19-9)16-14-8-10-4-2-6-17-10/h2-8H,1H3,(H,15,16)/b14-8-. The molecule has 0 atom stereocenters. The average Bonchev–Trinajstić information content (AvgIpc) is 3.10. The molecule has 4 nitrogen and oxygen atoms in total. The van der Waals surface area contributed by atoms with Gasteiger partial charge in [-0.25, -0.2) is 4.98 Å². The SMILES string of the molecule is Cc1sc(N/N=C\c2ccco2)nc1-c1cccs1. The van der Waals surface area contributed by atoms with Crippen LogP contribution in [0.1, 0.15) is 10.6 Å². The van der Waals surface area contributed by atoms with Crippen LogP contribution in [-0.4, -0.2) is 11.2 Å². The zero-order valence-corrected chi connectivity index (χ0v) is 11.8. The van der Waals surface area contributed by atoms with Gasteiger partial charge in [-0.15, -0.1) is 22.7 Å². The molecule has 0 saturated heterocycles. The van der Waals surface area contributed by atoms with Crippen molar-refractivity contribution in [2.75, 3.05) is 5.43 Å². The molecule has 0 aliphatic carbocycles. The largest absolute Gasteiger partial charge is 0.463 e. The molecule has 0 unspecified atom stereocenters. The molecule has 1 N–H and O–H groups in total. The predicted molar refractivity (Wildman–Crippen MR) is 80.1 cm³/mol. The van der Waals surface area contributed by atoms with Gasteiger partial charge in [0, 0.05) is 4.88 Å². The summed E-state index contributed by atoms with van der Waals surface area (Å²) in [4.78, 5) is 6.90. The van der Waals surface area contributed by atoms with Gasteiger partial charge in [0.15, 0.2) is 0 Å². The molecule has 3 rings (SSSR count). The van der Waals surface area contributed by atoms with Crippen LogP contribution in [0.3, 0.4) is 0 Å². The molecule has 19 heavy (non-hydrogen) atoms. The number of anilines is 1. The van der Waals surface area contributed by atoms with E-state index in [2.05, 4.69) is 33.9 Å². The van der Waals surface area contributed by atoms with Crippen LogP contribution >= 0.6 is 22.7 Å². The van der Waals surface area contributed by atoms with E-state index in [4.69, 9.17) is 4.42 Å². The molecule has 0 aliphatic rings. The molecule has 0 amide bonds. The lowest BCUT2D eigenvalue weighted by atomic mass is 10.3. The number of thiazole rings is 1. The van der Waals surface area contributed by atoms with Crippen LogP contribution in [0.4, 0.5) is 5.13 Å². The second-order valence-corrected chi connectivity index (χ2v) is 5.94. The first-order chi connectivity index (χ1) is 9.33. The van der Waals surface area contributed by atoms with Crippen LogP contribution < -0.4 is 5.43 Å². The molecule has 0 radical (unpaired) electrons. The second kappa shape index (κ2) is 5.38. The Morgan fingerprint density at radius 2 is 2.32 bits per heavy atom. The molecular weight excluding hydrogens is 278 g/mol. The number of aromatic nitrogens is 1. The molecule has 0 fully saturated rings. The van der Waals surface area contributed by atoms with Gasteiger partial charge in [-0.1, -0.05) is 6.07 Å². The molecule has 0 aromatic carbocycles. The topological polar surface area (TPSA) is 50.4 Å². The van der Waals surface area contributed by atoms with Crippen LogP contribution in [-0.2, 0) is 0 Å². The van der Waals surface area contributed by atoms with E-state index >= 15 is 0 Å². The molecule has 6 heteroatoms. The third kappa shape index (κ3) is 2.74. The van der Waals surface area contributed by atoms with Crippen LogP contribution in [0.15, 0.2) is 45.4 Å². The highest BCUT2D eigenvalue weighted by Crippen LogP contribution is 2.32. The Kier molecular flexibility index (Phi) is 3.43. The molecular formula is C13H11N3OS2. The summed E-state index contributed by atoms with van der Waals surface area (Å²) >= 11 is 3.28. The van der Waals surface area contributed by atoms with Gasteiger partial charge in [0.1, 0.15) is 5.76 Å². The highest BCUT2D eigenvalue weighted by Gasteiger charge is 2.09. The Morgan fingerprint density at radius 3 is 3.05 bits per heavy atom. The summed E-state index contributed by atoms with van der Waals surface area (Å²) < 4.78 is 5.15. The predicted octanol–water partition coefficient (Wildman–Crippen LogP) is 4.22. The number of rotatable bonds is 4. The number of nitrogens with zero attached hydrogens (tertiary/aromatic N) is 2. The number of furan rings is 1. The second-order valence-electron chi connectivity index (χ2n) is 3.79. The summed E-state index contributed by atoms with van der Waals surface area (Å²) in [5.41, 5.74) is 3.95. The Morgan fingerprint density at radius 1 is 1.37 bits per heavy atom. The van der Waals surface area contributed by atoms with Crippen LogP contribution in [0, 0.1) is 6.92 Å². The Bertz CT molecular complexity index is 669. The molecule has 3 aromatic rings. The maximum atomic E-state index is 5.15. The van der Waals surface area contributed by atoms with Crippen molar-refractivity contribution in [2.45, 2.75) is 6.92 Å². The van der Waals surface area contributed by atoms with Gasteiger partial charge in [0.05, 0.1) is 23.0 Å². The van der Waals surface area contributed by atoms with E-state index in [9.17, 15) is 0 Å². The van der Waals surface area contributed by atoms with Crippen LogP contribution in [0.2, 0.25) is 0 Å². The van der Waals surface area contributed by atoms with Crippen molar-refractivity contribution in [3.63, 3.8) is 0 Å². The Hall–Kier alpha value is -1.92. The van der Waals surface area contributed by atoms with Gasteiger partial charge in [0.2, 0.25) is 5.13 Å². The van der Waals surface area contributed by atoms with E-state index in [0.29, 0.717) is 5.76 Å². The number of hydrazone groups is 1. The minimum atomic E-state index is 0.708. The van der Waals surface area contributed by atoms with Crippen molar-refractivity contribution >= 4 is 34.0 Å². The van der Waals surface area contributed by atoms with E-state index < -0.39 is 0 Å². The van der Waals surface area contributed by atoms with E-state index in [0.717, 1.165) is 10.8 Å². The molecule has 96 valence electrons. The molecule has 0 spiro atoms. The third-order valence-corrected chi connectivity index (χ3v) is 4.20. The lowest BCUT2D eigenvalue weighted by Gasteiger charge is -1.92. The minimum Gasteiger partial charge on any atom is -0.463 e. The highest BCUT2D eigenvalue weighted by molar-refractivity contribution is 7.17. The van der Waals surface area contributed by atoms with Gasteiger partial charge in [-0.2, -0.15) is 5.10 Å². The lowest BCUT2D eigenvalue weighted by molar-refractivity contribution is 0.560. The first-order valence-electron chi connectivity index (χ1n) is 5.67. The van der Waals surface area contributed by atoms with Crippen LogP contribution in [0.25, 0.3) is 10.6 Å². The fourth-order valence-electron chi connectivity index (χ4n) is 1.60. The van der Waals surface area contributed by atoms with Gasteiger partial charge in [-0.05, 0) is 30.5 Å². The monoisotopic (exact) mass is 289 g/mol. The number of hydrogen-bond acceptors (Lipinski definition) is 6. The lowest BCUT2D eigenvalue weighted by Crippen LogP contribution is -1.88. The maximum Gasteiger partial charge on any atom is 0.204 e. The van der Waals surface area contributed by atoms with Gasteiger partial charge < -0.3 is 4.42 Å². The minimum absolute atomic E-state index is 0.708. The summed E-state index contributed by atoms with van der Waals surface area (Å²) in [7, 11) is 0. The van der Waals surface area contributed by atoms with Crippen molar-refractivity contribution in [1.82, 2.24) is 4.98 Å². The highest BCUT2D eigenvalue weighted by atomic mass is 32.1. The summed E-state index contributed by atoms with van der Waals surface area (Å²) in [5.74, 6) is 0.708. The molecule has 0 saturated carbocycles. The number of hydrogen-bond donors (Lipinski definition) is 1. The van der Waals surface area contributed by atoms with E-state index in [1.54, 1.807) is 35.2 Å². The first kappa shape index (κ1) is 12.1. The number of aryl methyl sites for hydroxylation is 1. The molecule has 0 bridgehead atoms. The zero-order chi connectivity index (χ0) is 13.1. The summed E-state index contributed by atoms with van der Waals surface area (Å²) in [6.07, 6.45) is 3.24. The zero-order valence-electron chi connectivity index (χ0n) is 10.2. The van der Waals surface area contributed by atoms with Gasteiger partial charge >= 0.3 is 0 Å². The summed E-state index contributed by atoms with van der Waals surface area (Å²) in [6.45, 7) is 2.06. The van der Waals surface area contributed by atoms with E-state index in [1.807, 2.05) is 18.2 Å². The molecule has 0 aliphatic heterocycles. The number of thiophene rings is 1. The maximum absolute atomic E-state index is 5.15. The normalized spacial score (nSPS) is 11.2. The molecule has 3 aromatic heterocycles. The van der Waals surface area contributed by atoms with Crippen molar-refractivity contribution in [1.29, 1.82) is 0 Å².